The second-order valence-electron chi connectivity index (χ2n) is 7.39. The van der Waals surface area contributed by atoms with Crippen molar-refractivity contribution in [2.75, 3.05) is 46.4 Å². The van der Waals surface area contributed by atoms with E-state index in [0.717, 1.165) is 50.6 Å². The zero-order valence-electron chi connectivity index (χ0n) is 16.3. The van der Waals surface area contributed by atoms with Gasteiger partial charge >= 0.3 is 0 Å². The zero-order chi connectivity index (χ0) is 17.0. The van der Waals surface area contributed by atoms with E-state index in [4.69, 9.17) is 4.74 Å². The molecule has 5 nitrogen and oxygen atoms in total. The largest absolute Gasteiger partial charge is 0.381 e. The van der Waals surface area contributed by atoms with Crippen molar-refractivity contribution in [2.45, 2.75) is 64.3 Å². The van der Waals surface area contributed by atoms with Gasteiger partial charge in [0.15, 0.2) is 5.96 Å². The van der Waals surface area contributed by atoms with Gasteiger partial charge in [0.1, 0.15) is 0 Å². The third kappa shape index (κ3) is 10.6. The molecule has 0 aromatic carbocycles. The monoisotopic (exact) mass is 466 g/mol. The van der Waals surface area contributed by atoms with E-state index in [2.05, 4.69) is 27.4 Å². The fourth-order valence-electron chi connectivity index (χ4n) is 3.27. The van der Waals surface area contributed by atoms with Crippen LogP contribution >= 0.6 is 24.0 Å². The van der Waals surface area contributed by atoms with Gasteiger partial charge in [-0.25, -0.2) is 0 Å². The van der Waals surface area contributed by atoms with Gasteiger partial charge in [-0.05, 0) is 70.9 Å². The van der Waals surface area contributed by atoms with Gasteiger partial charge in [-0.2, -0.15) is 0 Å². The molecular formula is C19H39IN4O. The van der Waals surface area contributed by atoms with Crippen LogP contribution in [0.1, 0.15) is 58.3 Å². The average Bonchev–Trinajstić information content (AvgIpc) is 3.41. The summed E-state index contributed by atoms with van der Waals surface area (Å²) >= 11 is 0. The number of hydrogen-bond acceptors (Lipinski definition) is 3. The highest BCUT2D eigenvalue weighted by Crippen LogP contribution is 2.28. The van der Waals surface area contributed by atoms with E-state index in [1.165, 1.54) is 58.0 Å². The molecule has 2 rings (SSSR count). The quantitative estimate of drug-likeness (QED) is 0.213. The van der Waals surface area contributed by atoms with Crippen LogP contribution in [-0.2, 0) is 4.74 Å². The number of halogens is 1. The van der Waals surface area contributed by atoms with Gasteiger partial charge in [0.25, 0.3) is 0 Å². The number of nitrogens with one attached hydrogen (secondary N) is 2. The minimum absolute atomic E-state index is 0. The minimum atomic E-state index is 0. The van der Waals surface area contributed by atoms with Crippen molar-refractivity contribution < 1.29 is 4.74 Å². The lowest BCUT2D eigenvalue weighted by Gasteiger charge is -2.33. The number of rotatable bonds is 11. The van der Waals surface area contributed by atoms with E-state index in [0.29, 0.717) is 0 Å². The smallest absolute Gasteiger partial charge is 0.190 e. The van der Waals surface area contributed by atoms with E-state index in [-0.39, 0.29) is 24.0 Å². The van der Waals surface area contributed by atoms with Gasteiger partial charge in [-0.1, -0.05) is 6.42 Å². The topological polar surface area (TPSA) is 48.9 Å². The fraction of sp³-hybridized carbons (Fsp3) is 0.947. The van der Waals surface area contributed by atoms with E-state index in [9.17, 15) is 0 Å². The molecule has 1 heterocycles. The summed E-state index contributed by atoms with van der Waals surface area (Å²) in [5.41, 5.74) is 0. The maximum absolute atomic E-state index is 5.65. The van der Waals surface area contributed by atoms with Crippen LogP contribution < -0.4 is 10.6 Å². The van der Waals surface area contributed by atoms with Crippen LogP contribution in [0.5, 0.6) is 0 Å². The Morgan fingerprint density at radius 1 is 1.08 bits per heavy atom. The normalized spacial score (nSPS) is 21.7. The number of nitrogens with zero attached hydrogens (tertiary/aromatic N) is 2. The molecule has 0 aromatic rings. The molecule has 0 radical (unpaired) electrons. The molecule has 148 valence electrons. The van der Waals surface area contributed by atoms with Crippen LogP contribution in [0, 0.1) is 5.92 Å². The Hall–Kier alpha value is -0.0800. The molecule has 0 aromatic heterocycles. The molecule has 6 heteroatoms. The number of unbranched alkanes of at least 4 members (excludes halogenated alkanes) is 1. The molecule has 2 fully saturated rings. The molecule has 2 aliphatic rings. The molecule has 2 N–H and O–H groups in total. The summed E-state index contributed by atoms with van der Waals surface area (Å²) in [4.78, 5) is 6.94. The standard InChI is InChI=1S/C19H38N4O.HI/c1-17-8-3-5-13-23(17)14-6-4-11-21-19(20-2)22-12-7-15-24-16-18-9-10-18;/h17-18H,3-16H2,1-2H3,(H2,20,21,22);1H. The SMILES string of the molecule is CN=C(NCCCCN1CCCCC1C)NCCCOCC1CC1.I. The summed E-state index contributed by atoms with van der Waals surface area (Å²) in [6, 6.07) is 0.781. The van der Waals surface area contributed by atoms with Crippen molar-refractivity contribution in [3.8, 4) is 0 Å². The number of aliphatic imine (C=N–C) groups is 1. The van der Waals surface area contributed by atoms with Crippen molar-refractivity contribution >= 4 is 29.9 Å². The van der Waals surface area contributed by atoms with Gasteiger partial charge in [-0.3, -0.25) is 4.99 Å². The summed E-state index contributed by atoms with van der Waals surface area (Å²) in [6.07, 6.45) is 10.4. The van der Waals surface area contributed by atoms with Crippen LogP contribution in [0.15, 0.2) is 4.99 Å². The Balaban J connectivity index is 0.00000312. The predicted octanol–water partition coefficient (Wildman–Crippen LogP) is 3.24. The number of piperidine rings is 1. The van der Waals surface area contributed by atoms with Gasteiger partial charge in [0.2, 0.25) is 0 Å². The fourth-order valence-corrected chi connectivity index (χ4v) is 3.27. The molecule has 1 atom stereocenters. The molecule has 1 aliphatic carbocycles. The van der Waals surface area contributed by atoms with E-state index in [1.807, 2.05) is 7.05 Å². The summed E-state index contributed by atoms with van der Waals surface area (Å²) < 4.78 is 5.65. The summed E-state index contributed by atoms with van der Waals surface area (Å²) in [7, 11) is 1.84. The summed E-state index contributed by atoms with van der Waals surface area (Å²) in [6.45, 7) is 8.65. The highest BCUT2D eigenvalue weighted by molar-refractivity contribution is 14.0. The van der Waals surface area contributed by atoms with Gasteiger partial charge in [0, 0.05) is 39.4 Å². The van der Waals surface area contributed by atoms with E-state index < -0.39 is 0 Å². The number of hydrogen-bond donors (Lipinski definition) is 2. The lowest BCUT2D eigenvalue weighted by Crippen LogP contribution is -2.39. The van der Waals surface area contributed by atoms with E-state index in [1.54, 1.807) is 0 Å². The first-order valence-corrected chi connectivity index (χ1v) is 10.1. The van der Waals surface area contributed by atoms with Gasteiger partial charge < -0.3 is 20.3 Å². The number of ether oxygens (including phenoxy) is 1. The van der Waals surface area contributed by atoms with Crippen LogP contribution in [0.4, 0.5) is 0 Å². The highest BCUT2D eigenvalue weighted by atomic mass is 127. The van der Waals surface area contributed by atoms with E-state index >= 15 is 0 Å². The summed E-state index contributed by atoms with van der Waals surface area (Å²) in [5.74, 6) is 1.78. The van der Waals surface area contributed by atoms with Gasteiger partial charge in [-0.15, -0.1) is 24.0 Å². The zero-order valence-corrected chi connectivity index (χ0v) is 18.6. The van der Waals surface area contributed by atoms with Crippen LogP contribution in [-0.4, -0.2) is 63.3 Å². The molecule has 25 heavy (non-hydrogen) atoms. The molecular weight excluding hydrogens is 427 g/mol. The Labute approximate surface area is 171 Å². The van der Waals surface area contributed by atoms with Crippen LogP contribution in [0.2, 0.25) is 0 Å². The lowest BCUT2D eigenvalue weighted by atomic mass is 10.0. The van der Waals surface area contributed by atoms with Crippen molar-refractivity contribution in [3.63, 3.8) is 0 Å². The molecule has 0 bridgehead atoms. The van der Waals surface area contributed by atoms with Crippen molar-refractivity contribution in [1.29, 1.82) is 0 Å². The van der Waals surface area contributed by atoms with Crippen LogP contribution in [0.25, 0.3) is 0 Å². The first kappa shape index (κ1) is 23.0. The molecule has 0 spiro atoms. The molecule has 1 saturated heterocycles. The minimum Gasteiger partial charge on any atom is -0.381 e. The third-order valence-electron chi connectivity index (χ3n) is 5.14. The average molecular weight is 466 g/mol. The van der Waals surface area contributed by atoms with Crippen molar-refractivity contribution in [2.24, 2.45) is 10.9 Å². The second kappa shape index (κ2) is 14.0. The Morgan fingerprint density at radius 2 is 1.84 bits per heavy atom. The number of guanidine groups is 1. The first-order chi connectivity index (χ1) is 11.8. The van der Waals surface area contributed by atoms with Crippen LogP contribution in [0.3, 0.4) is 0 Å². The van der Waals surface area contributed by atoms with Gasteiger partial charge in [0.05, 0.1) is 0 Å². The maximum atomic E-state index is 5.65. The molecule has 1 aliphatic heterocycles. The number of likely N-dealkylation sites (tertiary alicyclic amines) is 1. The first-order valence-electron chi connectivity index (χ1n) is 10.1. The third-order valence-corrected chi connectivity index (χ3v) is 5.14. The predicted molar refractivity (Wildman–Crippen MR) is 117 cm³/mol. The molecule has 1 unspecified atom stereocenters. The molecule has 1 saturated carbocycles. The Bertz CT molecular complexity index is 363. The Morgan fingerprint density at radius 3 is 2.52 bits per heavy atom. The molecule has 0 amide bonds. The lowest BCUT2D eigenvalue weighted by molar-refractivity contribution is 0.123. The highest BCUT2D eigenvalue weighted by Gasteiger charge is 2.20. The summed E-state index contributed by atoms with van der Waals surface area (Å²) in [5, 5.41) is 6.79. The van der Waals surface area contributed by atoms with Crippen molar-refractivity contribution in [3.05, 3.63) is 0 Å². The van der Waals surface area contributed by atoms with Crippen molar-refractivity contribution in [1.82, 2.24) is 15.5 Å². The maximum Gasteiger partial charge on any atom is 0.190 e. The Kier molecular flexibility index (Phi) is 12.9. The second-order valence-corrected chi connectivity index (χ2v) is 7.39.